The average Bonchev–Trinajstić information content (AvgIpc) is 1.02. The molecule has 0 aliphatic carbocycles. The Morgan fingerprint density at radius 2 is 0.460 bits per heavy atom. The minimum absolute atomic E-state index is 0.102. The van der Waals surface area contributed by atoms with Crippen molar-refractivity contribution in [2.45, 2.75) is 439 Å². The number of carbonyl (C=O) groups excluding carboxylic acids is 4. The van der Waals surface area contributed by atoms with Crippen LogP contribution in [0.4, 0.5) is 0 Å². The Kier molecular flexibility index (Phi) is 69.9. The Morgan fingerprint density at radius 1 is 0.270 bits per heavy atom. The predicted octanol–water partition coefficient (Wildman–Crippen LogP) is 24.1. The van der Waals surface area contributed by atoms with Crippen LogP contribution in [0.5, 0.6) is 0 Å². The van der Waals surface area contributed by atoms with Crippen molar-refractivity contribution >= 4 is 39.5 Å². The van der Waals surface area contributed by atoms with Gasteiger partial charge in [0.05, 0.1) is 26.4 Å². The SMILES string of the molecule is CCCCCCCCCCCCCCCCCCCCCCC(=O)OC[C@H](COP(=O)(O)OC[C@@H](O)COP(=O)(O)OC[C@@H](COC(=O)CCCCCCCCC(C)C)OC(=O)CCCCCCCCCC(C)C)OC(=O)CCCCCCCCCCCCCCCCCCCCC(C)C. The monoisotopic (exact) mass is 1470 g/mol. The molecule has 3 N–H and O–H groups in total. The molecule has 0 aliphatic heterocycles. The van der Waals surface area contributed by atoms with Crippen molar-refractivity contribution in [1.82, 2.24) is 0 Å². The third kappa shape index (κ3) is 74.3. The Labute approximate surface area is 613 Å². The van der Waals surface area contributed by atoms with E-state index in [1.165, 1.54) is 225 Å². The third-order valence-electron chi connectivity index (χ3n) is 18.9. The minimum Gasteiger partial charge on any atom is -0.462 e. The Balaban J connectivity index is 5.17. The van der Waals surface area contributed by atoms with Crippen LogP contribution in [0, 0.1) is 17.8 Å². The van der Waals surface area contributed by atoms with E-state index < -0.39 is 97.5 Å². The van der Waals surface area contributed by atoms with Gasteiger partial charge in [-0.05, 0) is 43.4 Å². The quantitative estimate of drug-likeness (QED) is 0.0222. The maximum Gasteiger partial charge on any atom is 0.472 e. The zero-order chi connectivity index (χ0) is 73.7. The molecule has 17 nitrogen and oxygen atoms in total. The topological polar surface area (TPSA) is 237 Å². The highest BCUT2D eigenvalue weighted by atomic mass is 31.2. The minimum atomic E-state index is -4.96. The lowest BCUT2D eigenvalue weighted by molar-refractivity contribution is -0.161. The zero-order valence-corrected chi connectivity index (χ0v) is 67.5. The average molecular weight is 1470 g/mol. The lowest BCUT2D eigenvalue weighted by atomic mass is 10.0. The van der Waals surface area contributed by atoms with Crippen molar-refractivity contribution in [3.63, 3.8) is 0 Å². The molecule has 0 saturated heterocycles. The lowest BCUT2D eigenvalue weighted by Gasteiger charge is -2.21. The molecule has 0 aromatic heterocycles. The molecule has 0 aromatic rings. The van der Waals surface area contributed by atoms with Crippen LogP contribution < -0.4 is 0 Å². The zero-order valence-electron chi connectivity index (χ0n) is 65.7. The van der Waals surface area contributed by atoms with E-state index in [2.05, 4.69) is 48.5 Å². The fourth-order valence-electron chi connectivity index (χ4n) is 12.5. The number of ether oxygens (including phenoxy) is 4. The van der Waals surface area contributed by atoms with Crippen LogP contribution in [-0.4, -0.2) is 96.7 Å². The van der Waals surface area contributed by atoms with Gasteiger partial charge in [-0.1, -0.05) is 370 Å². The molecule has 594 valence electrons. The summed E-state index contributed by atoms with van der Waals surface area (Å²) in [4.78, 5) is 72.9. The van der Waals surface area contributed by atoms with Gasteiger partial charge in [-0.3, -0.25) is 37.3 Å². The molecule has 0 aromatic carbocycles. The second kappa shape index (κ2) is 71.3. The normalized spacial score (nSPS) is 14.0. The molecule has 0 rings (SSSR count). The number of hydrogen-bond acceptors (Lipinski definition) is 15. The molecule has 0 heterocycles. The number of hydrogen-bond donors (Lipinski definition) is 3. The number of unbranched alkanes of at least 4 members (excludes halogenated alkanes) is 47. The van der Waals surface area contributed by atoms with Gasteiger partial charge in [0, 0.05) is 25.7 Å². The molecule has 0 fully saturated rings. The van der Waals surface area contributed by atoms with E-state index in [4.69, 9.17) is 37.0 Å². The fraction of sp³-hybridized carbons (Fsp3) is 0.951. The summed E-state index contributed by atoms with van der Waals surface area (Å²) < 4.78 is 68.6. The van der Waals surface area contributed by atoms with Crippen molar-refractivity contribution in [3.8, 4) is 0 Å². The molecule has 0 amide bonds. The van der Waals surface area contributed by atoms with E-state index in [0.29, 0.717) is 37.5 Å². The summed E-state index contributed by atoms with van der Waals surface area (Å²) in [5.41, 5.74) is 0. The molecule has 0 radical (unpaired) electrons. The second-order valence-electron chi connectivity index (χ2n) is 30.6. The summed E-state index contributed by atoms with van der Waals surface area (Å²) >= 11 is 0. The van der Waals surface area contributed by atoms with Gasteiger partial charge < -0.3 is 33.8 Å². The van der Waals surface area contributed by atoms with Crippen molar-refractivity contribution in [1.29, 1.82) is 0 Å². The van der Waals surface area contributed by atoms with Crippen LogP contribution in [0.3, 0.4) is 0 Å². The first-order chi connectivity index (χ1) is 48.2. The van der Waals surface area contributed by atoms with E-state index in [1.807, 2.05) is 0 Å². The number of phosphoric acid groups is 2. The summed E-state index contributed by atoms with van der Waals surface area (Å²) in [6.07, 6.45) is 60.2. The van der Waals surface area contributed by atoms with Gasteiger partial charge in [-0.15, -0.1) is 0 Å². The summed E-state index contributed by atoms with van der Waals surface area (Å²) in [5.74, 6) is 0.0774. The molecular weight excluding hydrogens is 1310 g/mol. The van der Waals surface area contributed by atoms with E-state index in [-0.39, 0.29) is 25.7 Å². The van der Waals surface area contributed by atoms with E-state index in [1.54, 1.807) is 0 Å². The van der Waals surface area contributed by atoms with Gasteiger partial charge in [-0.2, -0.15) is 0 Å². The molecule has 19 heteroatoms. The van der Waals surface area contributed by atoms with Crippen LogP contribution in [0.15, 0.2) is 0 Å². The first-order valence-corrected chi connectivity index (χ1v) is 44.8. The highest BCUT2D eigenvalue weighted by Crippen LogP contribution is 2.45. The largest absolute Gasteiger partial charge is 0.472 e. The fourth-order valence-corrected chi connectivity index (χ4v) is 14.1. The van der Waals surface area contributed by atoms with Crippen LogP contribution >= 0.6 is 15.6 Å². The van der Waals surface area contributed by atoms with Gasteiger partial charge in [0.25, 0.3) is 0 Å². The maximum absolute atomic E-state index is 13.1. The van der Waals surface area contributed by atoms with Gasteiger partial charge >= 0.3 is 39.5 Å². The van der Waals surface area contributed by atoms with Gasteiger partial charge in [0.15, 0.2) is 12.2 Å². The van der Waals surface area contributed by atoms with E-state index in [0.717, 1.165) is 102 Å². The van der Waals surface area contributed by atoms with Gasteiger partial charge in [0.2, 0.25) is 0 Å². The number of aliphatic hydroxyl groups excluding tert-OH is 1. The first-order valence-electron chi connectivity index (χ1n) is 41.8. The van der Waals surface area contributed by atoms with Crippen LogP contribution in [-0.2, 0) is 65.4 Å². The molecule has 0 bridgehead atoms. The standard InChI is InChI=1S/C81H158O17P2/c1-8-9-10-11-12-13-14-15-16-17-18-19-23-26-29-32-35-40-48-55-62-78(83)91-68-76(97-80(85)64-57-50-41-36-33-30-27-24-21-20-22-25-28-31-34-38-45-52-59-72(2)3)70-95-99(87,88)93-66-75(82)67-94-100(89,90)96-71-77(69-92-79(84)63-56-49-44-43-47-54-61-74(6)7)98-81(86)65-58-51-42-37-39-46-53-60-73(4)5/h72-77,82H,8-71H2,1-7H3,(H,87,88)(H,89,90)/t75-,76-,77-/m1/s1. The lowest BCUT2D eigenvalue weighted by Crippen LogP contribution is -2.30. The van der Waals surface area contributed by atoms with Crippen LogP contribution in [0.1, 0.15) is 421 Å². The van der Waals surface area contributed by atoms with Crippen molar-refractivity contribution in [2.24, 2.45) is 17.8 Å². The summed E-state index contributed by atoms with van der Waals surface area (Å²) in [6, 6.07) is 0. The van der Waals surface area contributed by atoms with Crippen molar-refractivity contribution < 1.29 is 80.2 Å². The Bertz CT molecular complexity index is 1940. The highest BCUT2D eigenvalue weighted by Gasteiger charge is 2.30. The first kappa shape index (κ1) is 98.1. The smallest absolute Gasteiger partial charge is 0.462 e. The summed E-state index contributed by atoms with van der Waals surface area (Å²) in [6.45, 7) is 11.8. The van der Waals surface area contributed by atoms with E-state index >= 15 is 0 Å². The Hall–Kier alpha value is -1.94. The molecule has 0 aliphatic rings. The summed E-state index contributed by atoms with van der Waals surface area (Å²) in [5, 5.41) is 10.6. The molecule has 5 atom stereocenters. The van der Waals surface area contributed by atoms with Crippen molar-refractivity contribution in [3.05, 3.63) is 0 Å². The van der Waals surface area contributed by atoms with E-state index in [9.17, 15) is 43.2 Å². The maximum atomic E-state index is 13.1. The number of esters is 4. The Morgan fingerprint density at radius 3 is 0.680 bits per heavy atom. The number of aliphatic hydroxyl groups is 1. The number of carbonyl (C=O) groups is 4. The molecule has 100 heavy (non-hydrogen) atoms. The van der Waals surface area contributed by atoms with Crippen LogP contribution in [0.2, 0.25) is 0 Å². The summed E-state index contributed by atoms with van der Waals surface area (Å²) in [7, 11) is -9.92. The molecular formula is C81H158O17P2. The number of phosphoric ester groups is 2. The molecule has 2 unspecified atom stereocenters. The highest BCUT2D eigenvalue weighted by molar-refractivity contribution is 7.47. The third-order valence-corrected chi connectivity index (χ3v) is 20.8. The molecule has 0 saturated carbocycles. The predicted molar refractivity (Wildman–Crippen MR) is 409 cm³/mol. The second-order valence-corrected chi connectivity index (χ2v) is 33.5. The van der Waals surface area contributed by atoms with Crippen LogP contribution in [0.25, 0.3) is 0 Å². The van der Waals surface area contributed by atoms with Gasteiger partial charge in [0.1, 0.15) is 19.3 Å². The van der Waals surface area contributed by atoms with Gasteiger partial charge in [-0.25, -0.2) is 9.13 Å². The van der Waals surface area contributed by atoms with Crippen molar-refractivity contribution in [2.75, 3.05) is 39.6 Å². The molecule has 0 spiro atoms. The number of rotatable bonds is 79.